The third kappa shape index (κ3) is 4.01. The molecule has 1 aromatic heterocycles. The fraction of sp³-hybridized carbons (Fsp3) is 0.353. The van der Waals surface area contributed by atoms with Gasteiger partial charge in [-0.25, -0.2) is 4.68 Å². The van der Waals surface area contributed by atoms with Crippen molar-refractivity contribution in [1.82, 2.24) is 20.0 Å². The van der Waals surface area contributed by atoms with Gasteiger partial charge in [0.25, 0.3) is 5.56 Å². The molecular weight excluding hydrogens is 328 g/mol. The third-order valence-electron chi connectivity index (χ3n) is 4.04. The molecule has 1 aromatic carbocycles. The van der Waals surface area contributed by atoms with Gasteiger partial charge in [0.05, 0.1) is 5.69 Å². The molecule has 1 amide bonds. The predicted molar refractivity (Wildman–Crippen MR) is 95.2 cm³/mol. The summed E-state index contributed by atoms with van der Waals surface area (Å²) in [6.45, 7) is 4.19. The lowest BCUT2D eigenvalue weighted by Gasteiger charge is -2.34. The second kappa shape index (κ2) is 8.08. The highest BCUT2D eigenvalue weighted by molar-refractivity contribution is 5.85. The Morgan fingerprint density at radius 3 is 2.71 bits per heavy atom. The standard InChI is InChI=1S/C17H20N4O2.ClH/c1-13-11-18-9-10-20(13)17(23)12-21-16(22)8-7-15(19-21)14-5-3-2-4-6-14;/h2-8,13,18H,9-12H2,1H3;1H/t13-;/m1./s1. The summed E-state index contributed by atoms with van der Waals surface area (Å²) in [7, 11) is 0. The number of amides is 1. The molecule has 1 atom stereocenters. The Balaban J connectivity index is 0.00000208. The minimum Gasteiger partial charge on any atom is -0.336 e. The number of halogens is 1. The van der Waals surface area contributed by atoms with E-state index in [-0.39, 0.29) is 36.5 Å². The first-order chi connectivity index (χ1) is 11.1. The van der Waals surface area contributed by atoms with Crippen LogP contribution in [0.1, 0.15) is 6.92 Å². The first-order valence-electron chi connectivity index (χ1n) is 7.79. The molecule has 2 aromatic rings. The summed E-state index contributed by atoms with van der Waals surface area (Å²) < 4.78 is 1.25. The van der Waals surface area contributed by atoms with Gasteiger partial charge in [-0.3, -0.25) is 9.59 Å². The molecule has 1 aliphatic heterocycles. The lowest BCUT2D eigenvalue weighted by molar-refractivity contribution is -0.134. The summed E-state index contributed by atoms with van der Waals surface area (Å²) >= 11 is 0. The van der Waals surface area contributed by atoms with Crippen LogP contribution < -0.4 is 10.9 Å². The molecule has 6 nitrogen and oxygen atoms in total. The Morgan fingerprint density at radius 1 is 1.25 bits per heavy atom. The average Bonchev–Trinajstić information content (AvgIpc) is 2.58. The number of nitrogens with one attached hydrogen (secondary N) is 1. The number of carbonyl (C=O) groups excluding carboxylic acids is 1. The molecule has 0 saturated carbocycles. The number of benzene rings is 1. The van der Waals surface area contributed by atoms with Crippen molar-refractivity contribution in [1.29, 1.82) is 0 Å². The lowest BCUT2D eigenvalue weighted by atomic mass is 10.1. The van der Waals surface area contributed by atoms with E-state index in [1.165, 1.54) is 10.7 Å². The SMILES string of the molecule is C[C@@H]1CNCCN1C(=O)Cn1nc(-c2ccccc2)ccc1=O.Cl. The predicted octanol–water partition coefficient (Wildman–Crippen LogP) is 1.15. The monoisotopic (exact) mass is 348 g/mol. The molecule has 0 spiro atoms. The molecule has 0 unspecified atom stereocenters. The van der Waals surface area contributed by atoms with Crippen LogP contribution in [0.3, 0.4) is 0 Å². The third-order valence-corrected chi connectivity index (χ3v) is 4.04. The number of piperazine rings is 1. The summed E-state index contributed by atoms with van der Waals surface area (Å²) in [4.78, 5) is 26.3. The van der Waals surface area contributed by atoms with Crippen LogP contribution in [0, 0.1) is 0 Å². The van der Waals surface area contributed by atoms with E-state index in [4.69, 9.17) is 0 Å². The number of aromatic nitrogens is 2. The van der Waals surface area contributed by atoms with E-state index in [0.717, 1.165) is 18.7 Å². The number of hydrogen-bond donors (Lipinski definition) is 1. The number of carbonyl (C=O) groups is 1. The van der Waals surface area contributed by atoms with E-state index in [9.17, 15) is 9.59 Å². The van der Waals surface area contributed by atoms with Crippen LogP contribution in [0.5, 0.6) is 0 Å². The molecule has 128 valence electrons. The van der Waals surface area contributed by atoms with Gasteiger partial charge in [-0.05, 0) is 13.0 Å². The number of nitrogens with zero attached hydrogens (tertiary/aromatic N) is 3. The van der Waals surface area contributed by atoms with Gasteiger partial charge in [-0.15, -0.1) is 12.4 Å². The second-order valence-corrected chi connectivity index (χ2v) is 5.72. The van der Waals surface area contributed by atoms with Crippen molar-refractivity contribution in [3.05, 3.63) is 52.8 Å². The summed E-state index contributed by atoms with van der Waals surface area (Å²) in [5.41, 5.74) is 1.34. The van der Waals surface area contributed by atoms with E-state index >= 15 is 0 Å². The van der Waals surface area contributed by atoms with Crippen molar-refractivity contribution in [2.45, 2.75) is 19.5 Å². The van der Waals surface area contributed by atoms with Gasteiger partial charge >= 0.3 is 0 Å². The van der Waals surface area contributed by atoms with E-state index in [0.29, 0.717) is 12.2 Å². The van der Waals surface area contributed by atoms with Crippen molar-refractivity contribution in [3.8, 4) is 11.3 Å². The highest BCUT2D eigenvalue weighted by Crippen LogP contribution is 2.14. The molecule has 1 aliphatic rings. The Kier molecular flexibility index (Phi) is 6.11. The minimum absolute atomic E-state index is 0. The fourth-order valence-electron chi connectivity index (χ4n) is 2.76. The van der Waals surface area contributed by atoms with Crippen LogP contribution in [0.25, 0.3) is 11.3 Å². The summed E-state index contributed by atoms with van der Waals surface area (Å²) in [5, 5.41) is 7.59. The Hall–Kier alpha value is -2.18. The van der Waals surface area contributed by atoms with Gasteiger partial charge in [0, 0.05) is 37.3 Å². The fourth-order valence-corrected chi connectivity index (χ4v) is 2.76. The number of hydrogen-bond acceptors (Lipinski definition) is 4. The van der Waals surface area contributed by atoms with Crippen LogP contribution in [0.15, 0.2) is 47.3 Å². The van der Waals surface area contributed by atoms with Crippen molar-refractivity contribution in [2.24, 2.45) is 0 Å². The maximum Gasteiger partial charge on any atom is 0.267 e. The first kappa shape index (κ1) is 18.2. The average molecular weight is 349 g/mol. The Morgan fingerprint density at radius 2 is 2.00 bits per heavy atom. The molecule has 7 heteroatoms. The van der Waals surface area contributed by atoms with Crippen LogP contribution in [-0.2, 0) is 11.3 Å². The quantitative estimate of drug-likeness (QED) is 0.903. The van der Waals surface area contributed by atoms with Crippen LogP contribution >= 0.6 is 12.4 Å². The first-order valence-corrected chi connectivity index (χ1v) is 7.79. The maximum atomic E-state index is 12.5. The Bertz CT molecular complexity index is 748. The van der Waals surface area contributed by atoms with Crippen molar-refractivity contribution in [2.75, 3.05) is 19.6 Å². The highest BCUT2D eigenvalue weighted by Gasteiger charge is 2.23. The van der Waals surface area contributed by atoms with Crippen LogP contribution in [-0.4, -0.2) is 46.3 Å². The van der Waals surface area contributed by atoms with E-state index in [1.807, 2.05) is 37.3 Å². The molecule has 1 fully saturated rings. The molecule has 0 aliphatic carbocycles. The zero-order chi connectivity index (χ0) is 16.2. The van der Waals surface area contributed by atoms with E-state index in [1.54, 1.807) is 11.0 Å². The van der Waals surface area contributed by atoms with Gasteiger partial charge in [0.2, 0.25) is 5.91 Å². The lowest BCUT2D eigenvalue weighted by Crippen LogP contribution is -2.53. The summed E-state index contributed by atoms with van der Waals surface area (Å²) in [6.07, 6.45) is 0. The van der Waals surface area contributed by atoms with Crippen molar-refractivity contribution >= 4 is 18.3 Å². The maximum absolute atomic E-state index is 12.5. The normalized spacial score (nSPS) is 17.2. The van der Waals surface area contributed by atoms with Gasteiger partial charge < -0.3 is 10.2 Å². The second-order valence-electron chi connectivity index (χ2n) is 5.72. The van der Waals surface area contributed by atoms with Gasteiger partial charge in [0.15, 0.2) is 0 Å². The summed E-state index contributed by atoms with van der Waals surface area (Å²) in [6, 6.07) is 12.9. The molecule has 1 saturated heterocycles. The molecule has 3 rings (SSSR count). The molecule has 0 bridgehead atoms. The van der Waals surface area contributed by atoms with Crippen LogP contribution in [0.2, 0.25) is 0 Å². The van der Waals surface area contributed by atoms with Gasteiger partial charge in [-0.1, -0.05) is 30.3 Å². The molecular formula is C17H21ClN4O2. The van der Waals surface area contributed by atoms with E-state index in [2.05, 4.69) is 10.4 Å². The van der Waals surface area contributed by atoms with Gasteiger partial charge in [0.1, 0.15) is 6.54 Å². The Labute approximate surface area is 146 Å². The molecule has 24 heavy (non-hydrogen) atoms. The zero-order valence-electron chi connectivity index (χ0n) is 13.5. The highest BCUT2D eigenvalue weighted by atomic mass is 35.5. The van der Waals surface area contributed by atoms with Crippen molar-refractivity contribution in [3.63, 3.8) is 0 Å². The largest absolute Gasteiger partial charge is 0.336 e. The van der Waals surface area contributed by atoms with Gasteiger partial charge in [-0.2, -0.15) is 5.10 Å². The summed E-state index contributed by atoms with van der Waals surface area (Å²) in [5.74, 6) is -0.0705. The van der Waals surface area contributed by atoms with Crippen LogP contribution in [0.4, 0.5) is 0 Å². The molecule has 1 N–H and O–H groups in total. The number of rotatable bonds is 3. The van der Waals surface area contributed by atoms with E-state index < -0.39 is 0 Å². The molecule has 2 heterocycles. The molecule has 0 radical (unpaired) electrons. The zero-order valence-corrected chi connectivity index (χ0v) is 14.3. The topological polar surface area (TPSA) is 67.2 Å². The minimum atomic E-state index is -0.263. The smallest absolute Gasteiger partial charge is 0.267 e. The van der Waals surface area contributed by atoms with Crippen molar-refractivity contribution < 1.29 is 4.79 Å².